The third kappa shape index (κ3) is 2.57. The average molecular weight is 404 g/mol. The van der Waals surface area contributed by atoms with Crippen LogP contribution in [0.4, 0.5) is 5.69 Å². The summed E-state index contributed by atoms with van der Waals surface area (Å²) in [5.41, 5.74) is 0.424. The number of pyridine rings is 1. The van der Waals surface area contributed by atoms with Crippen molar-refractivity contribution in [3.63, 3.8) is 0 Å². The number of fused-ring (bicyclic) bond motifs is 1. The van der Waals surface area contributed by atoms with E-state index in [-0.39, 0.29) is 17.5 Å². The van der Waals surface area contributed by atoms with Crippen molar-refractivity contribution in [1.29, 1.82) is 0 Å². The second kappa shape index (κ2) is 5.72. The summed E-state index contributed by atoms with van der Waals surface area (Å²) < 4.78 is 33.3. The Balaban J connectivity index is 2.16. The molecule has 1 aromatic carbocycles. The van der Waals surface area contributed by atoms with Gasteiger partial charge in [-0.1, -0.05) is 17.7 Å². The topological polar surface area (TPSA) is 59.5 Å². The van der Waals surface area contributed by atoms with Crippen LogP contribution in [0.2, 0.25) is 5.02 Å². The van der Waals surface area contributed by atoms with Crippen LogP contribution in [-0.4, -0.2) is 26.1 Å². The zero-order valence-corrected chi connectivity index (χ0v) is 14.7. The molecule has 0 spiro atoms. The molecular weight excluding hydrogens is 392 g/mol. The van der Waals surface area contributed by atoms with Crippen LogP contribution in [0.15, 0.2) is 45.9 Å². The Morgan fingerprint density at radius 2 is 2.14 bits per heavy atom. The Morgan fingerprint density at radius 3 is 2.91 bits per heavy atom. The molecular formula is C14H12BrClN2O3S. The van der Waals surface area contributed by atoms with Crippen LogP contribution in [0.25, 0.3) is 0 Å². The fraction of sp³-hybridized carbons (Fsp3) is 0.214. The Labute approximate surface area is 142 Å². The van der Waals surface area contributed by atoms with Crippen molar-refractivity contribution in [1.82, 2.24) is 4.98 Å². The fourth-order valence-electron chi connectivity index (χ4n) is 2.25. The minimum atomic E-state index is -3.78. The van der Waals surface area contributed by atoms with Crippen LogP contribution >= 0.6 is 27.5 Å². The van der Waals surface area contributed by atoms with Gasteiger partial charge in [0.2, 0.25) is 5.88 Å². The molecule has 8 heteroatoms. The van der Waals surface area contributed by atoms with E-state index < -0.39 is 10.0 Å². The standard InChI is InChI=1S/C14H12BrClN2O3S/c1-9-8-18(11-5-3-7-17-14(11)21-9)22(19,20)12-6-2-4-10(16)13(12)15/h2-7,9H,8H2,1H3. The van der Waals surface area contributed by atoms with Gasteiger partial charge in [0.1, 0.15) is 16.7 Å². The first kappa shape index (κ1) is 15.6. The number of aromatic nitrogens is 1. The van der Waals surface area contributed by atoms with E-state index in [4.69, 9.17) is 16.3 Å². The van der Waals surface area contributed by atoms with Gasteiger partial charge in [0.15, 0.2) is 0 Å². The molecule has 3 rings (SSSR count). The molecule has 5 nitrogen and oxygen atoms in total. The number of ether oxygens (including phenoxy) is 1. The quantitative estimate of drug-likeness (QED) is 0.770. The maximum Gasteiger partial charge on any atom is 0.265 e. The lowest BCUT2D eigenvalue weighted by molar-refractivity contribution is 0.210. The molecule has 0 radical (unpaired) electrons. The highest BCUT2D eigenvalue weighted by atomic mass is 79.9. The van der Waals surface area contributed by atoms with Crippen molar-refractivity contribution < 1.29 is 13.2 Å². The van der Waals surface area contributed by atoms with E-state index in [1.807, 2.05) is 0 Å². The molecule has 0 saturated heterocycles. The van der Waals surface area contributed by atoms with Gasteiger partial charge in [0.25, 0.3) is 10.0 Å². The van der Waals surface area contributed by atoms with Gasteiger partial charge in [-0.3, -0.25) is 4.31 Å². The molecule has 0 N–H and O–H groups in total. The number of benzene rings is 1. The van der Waals surface area contributed by atoms with Crippen molar-refractivity contribution in [3.05, 3.63) is 46.0 Å². The van der Waals surface area contributed by atoms with Crippen LogP contribution in [0, 0.1) is 0 Å². The van der Waals surface area contributed by atoms with Gasteiger partial charge < -0.3 is 4.74 Å². The number of hydrogen-bond donors (Lipinski definition) is 0. The second-order valence-corrected chi connectivity index (χ2v) is 7.88. The summed E-state index contributed by atoms with van der Waals surface area (Å²) in [7, 11) is -3.78. The smallest absolute Gasteiger partial charge is 0.265 e. The highest BCUT2D eigenvalue weighted by molar-refractivity contribution is 9.10. The average Bonchev–Trinajstić information content (AvgIpc) is 2.49. The van der Waals surface area contributed by atoms with Crippen molar-refractivity contribution in [2.75, 3.05) is 10.8 Å². The van der Waals surface area contributed by atoms with E-state index in [0.717, 1.165) is 0 Å². The lowest BCUT2D eigenvalue weighted by Gasteiger charge is -2.33. The van der Waals surface area contributed by atoms with Gasteiger partial charge in [-0.25, -0.2) is 13.4 Å². The van der Waals surface area contributed by atoms with E-state index in [9.17, 15) is 8.42 Å². The minimum absolute atomic E-state index is 0.115. The zero-order chi connectivity index (χ0) is 15.9. The summed E-state index contributed by atoms with van der Waals surface area (Å²) >= 11 is 9.27. The van der Waals surface area contributed by atoms with Gasteiger partial charge in [-0.15, -0.1) is 0 Å². The first-order chi connectivity index (χ1) is 10.4. The van der Waals surface area contributed by atoms with Crippen molar-refractivity contribution in [3.8, 4) is 5.88 Å². The monoisotopic (exact) mass is 402 g/mol. The van der Waals surface area contributed by atoms with Crippen molar-refractivity contribution in [2.45, 2.75) is 17.9 Å². The Kier molecular flexibility index (Phi) is 4.05. The predicted molar refractivity (Wildman–Crippen MR) is 88.0 cm³/mol. The molecule has 0 amide bonds. The van der Waals surface area contributed by atoms with Crippen LogP contribution in [0.5, 0.6) is 5.88 Å². The number of sulfonamides is 1. The molecule has 1 aromatic heterocycles. The summed E-state index contributed by atoms with van der Waals surface area (Å²) in [4.78, 5) is 4.22. The Morgan fingerprint density at radius 1 is 1.36 bits per heavy atom. The maximum absolute atomic E-state index is 13.0. The normalized spacial score (nSPS) is 17.8. The SMILES string of the molecule is CC1CN(S(=O)(=O)c2cccc(Cl)c2Br)c2cccnc2O1. The maximum atomic E-state index is 13.0. The Hall–Kier alpha value is -1.31. The summed E-state index contributed by atoms with van der Waals surface area (Å²) in [6.45, 7) is 2.01. The van der Waals surface area contributed by atoms with E-state index in [1.54, 1.807) is 37.4 Å². The largest absolute Gasteiger partial charge is 0.471 e. The molecule has 0 bridgehead atoms. The van der Waals surface area contributed by atoms with Crippen LogP contribution in [0.1, 0.15) is 6.92 Å². The lowest BCUT2D eigenvalue weighted by Crippen LogP contribution is -2.42. The fourth-order valence-corrected chi connectivity index (χ4v) is 4.99. The number of nitrogens with zero attached hydrogens (tertiary/aromatic N) is 2. The summed E-state index contributed by atoms with van der Waals surface area (Å²) in [6, 6.07) is 8.09. The molecule has 2 aromatic rings. The zero-order valence-electron chi connectivity index (χ0n) is 11.5. The Bertz CT molecular complexity index is 829. The van der Waals surface area contributed by atoms with Gasteiger partial charge in [0.05, 0.1) is 16.0 Å². The minimum Gasteiger partial charge on any atom is -0.471 e. The second-order valence-electron chi connectivity index (χ2n) is 4.84. The van der Waals surface area contributed by atoms with Gasteiger partial charge in [-0.05, 0) is 47.1 Å². The summed E-state index contributed by atoms with van der Waals surface area (Å²) in [5, 5.41) is 0.341. The van der Waals surface area contributed by atoms with E-state index in [1.165, 1.54) is 10.4 Å². The van der Waals surface area contributed by atoms with Crippen LogP contribution < -0.4 is 9.04 Å². The van der Waals surface area contributed by atoms with Gasteiger partial charge >= 0.3 is 0 Å². The van der Waals surface area contributed by atoms with Crippen molar-refractivity contribution >= 4 is 43.2 Å². The number of hydrogen-bond acceptors (Lipinski definition) is 4. The van der Waals surface area contributed by atoms with E-state index in [0.29, 0.717) is 21.1 Å². The molecule has 116 valence electrons. The molecule has 0 saturated carbocycles. The third-order valence-electron chi connectivity index (χ3n) is 3.24. The molecule has 1 aliphatic heterocycles. The molecule has 1 unspecified atom stereocenters. The van der Waals surface area contributed by atoms with E-state index >= 15 is 0 Å². The molecule has 0 aliphatic carbocycles. The molecule has 2 heterocycles. The highest BCUT2D eigenvalue weighted by Crippen LogP contribution is 2.38. The number of anilines is 1. The molecule has 1 aliphatic rings. The summed E-state index contributed by atoms with van der Waals surface area (Å²) in [5.74, 6) is 0.308. The van der Waals surface area contributed by atoms with Crippen LogP contribution in [0.3, 0.4) is 0 Å². The summed E-state index contributed by atoms with van der Waals surface area (Å²) in [6.07, 6.45) is 1.27. The van der Waals surface area contributed by atoms with Gasteiger partial charge in [-0.2, -0.15) is 0 Å². The highest BCUT2D eigenvalue weighted by Gasteiger charge is 2.34. The molecule has 22 heavy (non-hydrogen) atoms. The first-order valence-corrected chi connectivity index (χ1v) is 9.11. The lowest BCUT2D eigenvalue weighted by atomic mass is 10.3. The first-order valence-electron chi connectivity index (χ1n) is 6.49. The number of halogens is 2. The van der Waals surface area contributed by atoms with Crippen LogP contribution in [-0.2, 0) is 10.0 Å². The van der Waals surface area contributed by atoms with E-state index in [2.05, 4.69) is 20.9 Å². The predicted octanol–water partition coefficient (Wildman–Crippen LogP) is 3.47. The molecule has 1 atom stereocenters. The number of rotatable bonds is 2. The third-order valence-corrected chi connectivity index (χ3v) is 6.72. The molecule has 0 fully saturated rings. The van der Waals surface area contributed by atoms with Gasteiger partial charge in [0, 0.05) is 6.20 Å². The van der Waals surface area contributed by atoms with Crippen molar-refractivity contribution in [2.24, 2.45) is 0 Å².